The summed E-state index contributed by atoms with van der Waals surface area (Å²) in [5.41, 5.74) is 8.22. The van der Waals surface area contributed by atoms with Gasteiger partial charge in [0.1, 0.15) is 11.5 Å². The highest BCUT2D eigenvalue weighted by atomic mass is 16.5. The zero-order chi connectivity index (χ0) is 13.8. The molecular weight excluding hydrogens is 246 g/mol. The van der Waals surface area contributed by atoms with E-state index in [-0.39, 0.29) is 0 Å². The predicted octanol–water partition coefficient (Wildman–Crippen LogP) is 4.44. The smallest absolute Gasteiger partial charge is 0.131 e. The largest absolute Gasteiger partial charge is 0.457 e. The molecule has 0 saturated heterocycles. The van der Waals surface area contributed by atoms with Crippen LogP contribution in [0.4, 0.5) is 0 Å². The molecule has 0 fully saturated rings. The molecule has 0 atom stereocenters. The molecule has 2 N–H and O–H groups in total. The summed E-state index contributed by atoms with van der Waals surface area (Å²) in [5, 5.41) is 0. The molecule has 20 heavy (non-hydrogen) atoms. The topological polar surface area (TPSA) is 35.2 Å². The first-order valence-corrected chi connectivity index (χ1v) is 7.46. The fourth-order valence-electron chi connectivity index (χ4n) is 2.99. The Kier molecular flexibility index (Phi) is 4.03. The Labute approximate surface area is 120 Å². The van der Waals surface area contributed by atoms with Crippen LogP contribution >= 0.6 is 0 Å². The Bertz CT molecular complexity index is 534. The number of benzene rings is 2. The number of unbranched alkanes of at least 4 members (excludes halogenated alkanes) is 2. The standard InChI is InChI=1S/C18H21NO/c19-13-7-1-2-8-14-15-9-3-5-11-17(15)20-18-12-6-4-10-16(14)18/h3-6,9-12,14H,1-2,7-8,13,19H2. The molecule has 0 amide bonds. The maximum absolute atomic E-state index is 6.02. The number of nitrogens with two attached hydrogens (primary N) is 1. The van der Waals surface area contributed by atoms with E-state index in [1.807, 2.05) is 12.1 Å². The van der Waals surface area contributed by atoms with Gasteiger partial charge in [0.05, 0.1) is 0 Å². The van der Waals surface area contributed by atoms with Gasteiger partial charge < -0.3 is 10.5 Å². The molecule has 1 heterocycles. The normalized spacial score (nSPS) is 13.4. The molecule has 0 unspecified atom stereocenters. The number of hydrogen-bond donors (Lipinski definition) is 1. The van der Waals surface area contributed by atoms with Gasteiger partial charge in [0, 0.05) is 17.0 Å². The van der Waals surface area contributed by atoms with Crippen LogP contribution in [-0.4, -0.2) is 6.54 Å². The van der Waals surface area contributed by atoms with Crippen molar-refractivity contribution in [2.75, 3.05) is 6.54 Å². The fourth-order valence-corrected chi connectivity index (χ4v) is 2.99. The van der Waals surface area contributed by atoms with Crippen LogP contribution < -0.4 is 10.5 Å². The predicted molar refractivity (Wildman–Crippen MR) is 82.3 cm³/mol. The first-order chi connectivity index (χ1) is 9.90. The second-order valence-electron chi connectivity index (χ2n) is 5.37. The average Bonchev–Trinajstić information content (AvgIpc) is 2.50. The Hall–Kier alpha value is -1.80. The van der Waals surface area contributed by atoms with Crippen LogP contribution in [0.5, 0.6) is 11.5 Å². The van der Waals surface area contributed by atoms with Crippen molar-refractivity contribution in [3.63, 3.8) is 0 Å². The lowest BCUT2D eigenvalue weighted by Crippen LogP contribution is -2.10. The monoisotopic (exact) mass is 267 g/mol. The Morgan fingerprint density at radius 1 is 0.800 bits per heavy atom. The molecule has 2 aromatic rings. The summed E-state index contributed by atoms with van der Waals surface area (Å²) in [4.78, 5) is 0. The molecule has 0 aromatic heterocycles. The third-order valence-electron chi connectivity index (χ3n) is 4.01. The minimum atomic E-state index is 0.453. The lowest BCUT2D eigenvalue weighted by Gasteiger charge is -2.28. The van der Waals surface area contributed by atoms with Crippen LogP contribution in [0, 0.1) is 0 Å². The third kappa shape index (κ3) is 2.56. The minimum absolute atomic E-state index is 0.453. The van der Waals surface area contributed by atoms with E-state index in [1.54, 1.807) is 0 Å². The maximum atomic E-state index is 6.02. The van der Waals surface area contributed by atoms with Crippen LogP contribution in [0.25, 0.3) is 0 Å². The molecule has 2 nitrogen and oxygen atoms in total. The highest BCUT2D eigenvalue weighted by Crippen LogP contribution is 2.45. The van der Waals surface area contributed by atoms with Gasteiger partial charge in [-0.25, -0.2) is 0 Å². The van der Waals surface area contributed by atoms with Gasteiger partial charge >= 0.3 is 0 Å². The summed E-state index contributed by atoms with van der Waals surface area (Å²) >= 11 is 0. The minimum Gasteiger partial charge on any atom is -0.457 e. The van der Waals surface area contributed by atoms with Gasteiger partial charge in [-0.1, -0.05) is 49.2 Å². The van der Waals surface area contributed by atoms with E-state index in [4.69, 9.17) is 10.5 Å². The van der Waals surface area contributed by atoms with E-state index in [1.165, 1.54) is 24.0 Å². The average molecular weight is 267 g/mol. The van der Waals surface area contributed by atoms with E-state index in [2.05, 4.69) is 36.4 Å². The molecule has 104 valence electrons. The van der Waals surface area contributed by atoms with E-state index < -0.39 is 0 Å². The number of hydrogen-bond acceptors (Lipinski definition) is 2. The van der Waals surface area contributed by atoms with Gasteiger partial charge in [0.15, 0.2) is 0 Å². The molecule has 0 spiro atoms. The Balaban J connectivity index is 1.87. The van der Waals surface area contributed by atoms with Gasteiger partial charge in [-0.3, -0.25) is 0 Å². The van der Waals surface area contributed by atoms with Gasteiger partial charge in [-0.05, 0) is 31.5 Å². The molecule has 1 aliphatic rings. The van der Waals surface area contributed by atoms with Crippen LogP contribution in [0.3, 0.4) is 0 Å². The van der Waals surface area contributed by atoms with Gasteiger partial charge in [-0.2, -0.15) is 0 Å². The Morgan fingerprint density at radius 3 is 2.00 bits per heavy atom. The first-order valence-electron chi connectivity index (χ1n) is 7.46. The van der Waals surface area contributed by atoms with Crippen molar-refractivity contribution in [3.8, 4) is 11.5 Å². The summed E-state index contributed by atoms with van der Waals surface area (Å²) in [7, 11) is 0. The van der Waals surface area contributed by atoms with Crippen molar-refractivity contribution in [3.05, 3.63) is 59.7 Å². The van der Waals surface area contributed by atoms with Crippen molar-refractivity contribution in [2.24, 2.45) is 5.73 Å². The second-order valence-corrected chi connectivity index (χ2v) is 5.37. The molecule has 0 saturated carbocycles. The summed E-state index contributed by atoms with van der Waals surface area (Å²) in [6.45, 7) is 0.793. The van der Waals surface area contributed by atoms with E-state index in [0.717, 1.165) is 30.9 Å². The molecule has 3 rings (SSSR count). The first kappa shape index (κ1) is 13.2. The molecule has 0 radical (unpaired) electrons. The lowest BCUT2D eigenvalue weighted by atomic mass is 9.84. The molecule has 0 aliphatic carbocycles. The molecule has 2 aromatic carbocycles. The number of fused-ring (bicyclic) bond motifs is 2. The molecule has 2 heteroatoms. The molecule has 1 aliphatic heterocycles. The highest BCUT2D eigenvalue weighted by molar-refractivity contribution is 5.53. The van der Waals surface area contributed by atoms with Crippen LogP contribution in [0.2, 0.25) is 0 Å². The van der Waals surface area contributed by atoms with Crippen molar-refractivity contribution < 1.29 is 4.74 Å². The summed E-state index contributed by atoms with van der Waals surface area (Å²) in [5.74, 6) is 2.47. The Morgan fingerprint density at radius 2 is 1.40 bits per heavy atom. The van der Waals surface area contributed by atoms with Crippen molar-refractivity contribution in [1.29, 1.82) is 0 Å². The summed E-state index contributed by atoms with van der Waals surface area (Å²) in [6, 6.07) is 16.8. The quantitative estimate of drug-likeness (QED) is 0.813. The van der Waals surface area contributed by atoms with Gasteiger partial charge in [0.2, 0.25) is 0 Å². The van der Waals surface area contributed by atoms with Crippen molar-refractivity contribution >= 4 is 0 Å². The zero-order valence-electron chi connectivity index (χ0n) is 11.7. The van der Waals surface area contributed by atoms with Crippen molar-refractivity contribution in [2.45, 2.75) is 31.6 Å². The fraction of sp³-hybridized carbons (Fsp3) is 0.333. The van der Waals surface area contributed by atoms with Crippen LogP contribution in [0.15, 0.2) is 48.5 Å². The van der Waals surface area contributed by atoms with Crippen LogP contribution in [0.1, 0.15) is 42.7 Å². The third-order valence-corrected chi connectivity index (χ3v) is 4.01. The van der Waals surface area contributed by atoms with Crippen molar-refractivity contribution in [1.82, 2.24) is 0 Å². The zero-order valence-corrected chi connectivity index (χ0v) is 11.7. The lowest BCUT2D eigenvalue weighted by molar-refractivity contribution is 0.436. The van der Waals surface area contributed by atoms with Gasteiger partial charge in [-0.15, -0.1) is 0 Å². The number of rotatable bonds is 5. The maximum Gasteiger partial charge on any atom is 0.131 e. The van der Waals surface area contributed by atoms with Crippen LogP contribution in [-0.2, 0) is 0 Å². The highest BCUT2D eigenvalue weighted by Gasteiger charge is 2.25. The van der Waals surface area contributed by atoms with E-state index in [9.17, 15) is 0 Å². The van der Waals surface area contributed by atoms with Gasteiger partial charge in [0.25, 0.3) is 0 Å². The number of para-hydroxylation sites is 2. The van der Waals surface area contributed by atoms with E-state index in [0.29, 0.717) is 5.92 Å². The number of ether oxygens (including phenoxy) is 1. The summed E-state index contributed by atoms with van der Waals surface area (Å²) in [6.07, 6.45) is 4.70. The molecular formula is C18H21NO. The summed E-state index contributed by atoms with van der Waals surface area (Å²) < 4.78 is 6.02. The SMILES string of the molecule is NCCCCCC1c2ccccc2Oc2ccccc21. The van der Waals surface area contributed by atoms with E-state index >= 15 is 0 Å². The molecule has 0 bridgehead atoms. The second kappa shape index (κ2) is 6.10.